The number of unbranched alkanes of at least 4 members (excludes halogenated alkanes) is 1. The van der Waals surface area contributed by atoms with Crippen molar-refractivity contribution in [3.05, 3.63) is 72.7 Å². The van der Waals surface area contributed by atoms with Crippen molar-refractivity contribution in [3.8, 4) is 34.1 Å². The maximum absolute atomic E-state index is 14.9. The van der Waals surface area contributed by atoms with Crippen molar-refractivity contribution < 1.29 is 28.2 Å². The molecule has 0 unspecified atom stereocenters. The van der Waals surface area contributed by atoms with Crippen LogP contribution in [0.25, 0.3) is 22.0 Å². The lowest BCUT2D eigenvalue weighted by Gasteiger charge is -2.32. The number of amides is 3. The van der Waals surface area contributed by atoms with E-state index in [9.17, 15) is 14.0 Å². The Kier molecular flexibility index (Phi) is 10.1. The summed E-state index contributed by atoms with van der Waals surface area (Å²) >= 11 is 0. The molecule has 3 aromatic rings. The molecule has 0 atom stereocenters. The van der Waals surface area contributed by atoms with E-state index in [0.29, 0.717) is 39.7 Å². The fourth-order valence-electron chi connectivity index (χ4n) is 5.15. The van der Waals surface area contributed by atoms with Gasteiger partial charge in [0.25, 0.3) is 0 Å². The first-order chi connectivity index (χ1) is 21.7. The average Bonchev–Trinajstić information content (AvgIpc) is 3.62. The van der Waals surface area contributed by atoms with Gasteiger partial charge in [0.2, 0.25) is 5.91 Å². The van der Waals surface area contributed by atoms with Crippen molar-refractivity contribution in [2.75, 3.05) is 58.4 Å². The summed E-state index contributed by atoms with van der Waals surface area (Å²) in [7, 11) is 3.70. The van der Waals surface area contributed by atoms with Gasteiger partial charge in [-0.2, -0.15) is 0 Å². The number of rotatable bonds is 10. The summed E-state index contributed by atoms with van der Waals surface area (Å²) in [5, 5.41) is 0.600. The Balaban J connectivity index is 0.000000586. The van der Waals surface area contributed by atoms with Gasteiger partial charge in [-0.25, -0.2) is 14.1 Å². The van der Waals surface area contributed by atoms with E-state index in [1.54, 1.807) is 31.5 Å². The van der Waals surface area contributed by atoms with Crippen LogP contribution in [-0.2, 0) is 4.79 Å². The lowest BCUT2D eigenvalue weighted by Crippen LogP contribution is -2.44. The van der Waals surface area contributed by atoms with Gasteiger partial charge in [-0.05, 0) is 67.9 Å². The number of nitrogens with zero attached hydrogens (tertiary/aromatic N) is 4. The van der Waals surface area contributed by atoms with Crippen molar-refractivity contribution in [1.29, 1.82) is 0 Å². The summed E-state index contributed by atoms with van der Waals surface area (Å²) in [4.78, 5) is 33.2. The van der Waals surface area contributed by atoms with Gasteiger partial charge in [0.05, 0.1) is 24.9 Å². The number of hydrogen-bond acceptors (Lipinski definition) is 8. The topological polar surface area (TPSA) is 110 Å². The Labute approximate surface area is 262 Å². The maximum atomic E-state index is 14.9. The fraction of sp³-hybridized carbons (Fsp3) is 0.324. The minimum Gasteiger partial charge on any atom is -0.493 e. The third kappa shape index (κ3) is 8.05. The van der Waals surface area contributed by atoms with Crippen LogP contribution in [0.4, 0.5) is 14.9 Å². The van der Waals surface area contributed by atoms with Crippen LogP contribution in [0.5, 0.6) is 23.0 Å². The number of halogens is 1. The number of ether oxygens (including phenoxy) is 3. The number of hydrogen-bond donors (Lipinski definition) is 1. The lowest BCUT2D eigenvalue weighted by molar-refractivity contribution is -0.115. The molecule has 6 rings (SSSR count). The van der Waals surface area contributed by atoms with Gasteiger partial charge in [-0.15, -0.1) is 0 Å². The Hall–Kier alpha value is -4.74. The summed E-state index contributed by atoms with van der Waals surface area (Å²) in [6.45, 7) is 7.18. The predicted molar refractivity (Wildman–Crippen MR) is 172 cm³/mol. The monoisotopic (exact) mass is 615 g/mol. The molecule has 0 spiro atoms. The molecule has 3 amide bonds. The number of urea groups is 1. The van der Waals surface area contributed by atoms with Gasteiger partial charge < -0.3 is 29.7 Å². The first kappa shape index (κ1) is 31.7. The molecular formula is C34H38FN5O5. The van der Waals surface area contributed by atoms with E-state index < -0.39 is 17.8 Å². The van der Waals surface area contributed by atoms with Gasteiger partial charge >= 0.3 is 6.03 Å². The molecule has 236 valence electrons. The molecule has 0 saturated carbocycles. The Morgan fingerprint density at radius 1 is 0.933 bits per heavy atom. The smallest absolute Gasteiger partial charge is 0.326 e. The largest absolute Gasteiger partial charge is 0.493 e. The molecule has 1 aromatic heterocycles. The van der Waals surface area contributed by atoms with Crippen LogP contribution < -0.4 is 24.8 Å². The molecule has 2 aromatic carbocycles. The highest BCUT2D eigenvalue weighted by Crippen LogP contribution is 2.38. The van der Waals surface area contributed by atoms with Gasteiger partial charge in [0.1, 0.15) is 5.75 Å². The van der Waals surface area contributed by atoms with Crippen LogP contribution in [0.15, 0.2) is 66.9 Å². The van der Waals surface area contributed by atoms with Crippen LogP contribution >= 0.6 is 0 Å². The van der Waals surface area contributed by atoms with E-state index >= 15 is 0 Å². The standard InChI is InChI=1S/C28H34FN5O5.C6H4/c1-19(35)34(28(30)36)20-6-7-25(22(29)16-20)39-24-8-9-31-23-18-27(26(37-3)17-21(23)24)38-15-5-4-10-33-13-11-32(2)12-14-33;1-2-5-4-6(5)3-1/h6-9,16-18H,4-5,10-15H2,1-3H3,(H2,30,36);1-4H. The highest BCUT2D eigenvalue weighted by molar-refractivity contribution is 6.12. The number of primary amides is 1. The summed E-state index contributed by atoms with van der Waals surface area (Å²) in [5.74, 6) is -0.0699. The molecule has 11 heteroatoms. The number of benzene rings is 3. The molecule has 2 aliphatic carbocycles. The molecule has 1 aliphatic heterocycles. The first-order valence-electron chi connectivity index (χ1n) is 14.9. The second-order valence-corrected chi connectivity index (χ2v) is 11.0. The minimum atomic E-state index is -1.00. The summed E-state index contributed by atoms with van der Waals surface area (Å²) < 4.78 is 32.3. The summed E-state index contributed by atoms with van der Waals surface area (Å²) in [6, 6.07) is 16.3. The van der Waals surface area contributed by atoms with Crippen molar-refractivity contribution in [3.63, 3.8) is 0 Å². The number of nitrogens with two attached hydrogens (primary N) is 1. The molecule has 2 heterocycles. The number of carbonyl (C=O) groups excluding carboxylic acids is 2. The molecule has 0 radical (unpaired) electrons. The number of piperazine rings is 1. The van der Waals surface area contributed by atoms with Crippen molar-refractivity contribution in [2.24, 2.45) is 5.73 Å². The molecule has 45 heavy (non-hydrogen) atoms. The predicted octanol–water partition coefficient (Wildman–Crippen LogP) is 5.68. The number of pyridine rings is 1. The highest BCUT2D eigenvalue weighted by atomic mass is 19.1. The molecule has 0 bridgehead atoms. The average molecular weight is 616 g/mol. The van der Waals surface area contributed by atoms with E-state index in [4.69, 9.17) is 19.9 Å². The molecule has 2 N–H and O–H groups in total. The number of fused-ring (bicyclic) bond motifs is 2. The van der Waals surface area contributed by atoms with Crippen LogP contribution in [0.1, 0.15) is 19.8 Å². The Bertz CT molecular complexity index is 1640. The second kappa shape index (κ2) is 14.4. The van der Waals surface area contributed by atoms with E-state index in [2.05, 4.69) is 46.1 Å². The number of aromatic nitrogens is 1. The van der Waals surface area contributed by atoms with Crippen molar-refractivity contribution in [1.82, 2.24) is 14.8 Å². The molecule has 3 aliphatic rings. The minimum absolute atomic E-state index is 0.00595. The quantitative estimate of drug-likeness (QED) is 0.200. The highest BCUT2D eigenvalue weighted by Gasteiger charge is 2.20. The number of carbonyl (C=O) groups is 2. The van der Waals surface area contributed by atoms with Crippen molar-refractivity contribution in [2.45, 2.75) is 19.8 Å². The number of anilines is 1. The summed E-state index contributed by atoms with van der Waals surface area (Å²) in [6.07, 6.45) is 3.51. The Morgan fingerprint density at radius 2 is 1.69 bits per heavy atom. The third-order valence-electron chi connectivity index (χ3n) is 7.75. The molecule has 1 saturated heterocycles. The molecule has 1 fully saturated rings. The Morgan fingerprint density at radius 3 is 2.29 bits per heavy atom. The summed E-state index contributed by atoms with van der Waals surface area (Å²) in [5.41, 5.74) is 8.69. The number of methoxy groups -OCH3 is 1. The van der Waals surface area contributed by atoms with E-state index in [1.807, 2.05) is 0 Å². The van der Waals surface area contributed by atoms with Gasteiger partial charge in [-0.3, -0.25) is 9.78 Å². The zero-order valence-electron chi connectivity index (χ0n) is 25.8. The zero-order valence-corrected chi connectivity index (χ0v) is 25.8. The van der Waals surface area contributed by atoms with Crippen LogP contribution in [0, 0.1) is 5.82 Å². The fourth-order valence-corrected chi connectivity index (χ4v) is 5.15. The van der Waals surface area contributed by atoms with E-state index in [1.165, 1.54) is 23.3 Å². The van der Waals surface area contributed by atoms with Gasteiger partial charge in [0.15, 0.2) is 23.1 Å². The van der Waals surface area contributed by atoms with Gasteiger partial charge in [0, 0.05) is 56.8 Å². The van der Waals surface area contributed by atoms with Gasteiger partial charge in [-0.1, -0.05) is 18.2 Å². The third-order valence-corrected chi connectivity index (χ3v) is 7.75. The van der Waals surface area contributed by atoms with Crippen LogP contribution in [0.3, 0.4) is 0 Å². The molecule has 10 nitrogen and oxygen atoms in total. The van der Waals surface area contributed by atoms with Crippen molar-refractivity contribution >= 4 is 28.5 Å². The van der Waals surface area contributed by atoms with Crippen LogP contribution in [-0.4, -0.2) is 80.2 Å². The number of imide groups is 1. The van der Waals surface area contributed by atoms with E-state index in [-0.39, 0.29) is 11.4 Å². The normalized spacial score (nSPS) is 13.9. The first-order valence-corrected chi connectivity index (χ1v) is 14.9. The SMILES string of the molecule is COc1cc2c(Oc3ccc(N(C(C)=O)C(N)=O)cc3F)ccnc2cc1OCCCCN1CCN(C)CC1.c1cc2cc-2c1. The van der Waals surface area contributed by atoms with Crippen LogP contribution in [0.2, 0.25) is 0 Å². The number of likely N-dealkylation sites (N-methyl/N-ethyl adjacent to an activating group) is 1. The van der Waals surface area contributed by atoms with E-state index in [0.717, 1.165) is 58.6 Å². The second-order valence-electron chi connectivity index (χ2n) is 11.0. The maximum Gasteiger partial charge on any atom is 0.326 e. The zero-order chi connectivity index (χ0) is 31.9. The molecular weight excluding hydrogens is 577 g/mol. The lowest BCUT2D eigenvalue weighted by atomic mass is 10.1.